The quantitative estimate of drug-likeness (QED) is 0.819. The van der Waals surface area contributed by atoms with Gasteiger partial charge < -0.3 is 9.47 Å². The molecule has 0 saturated carbocycles. The first-order chi connectivity index (χ1) is 8.79. The van der Waals surface area contributed by atoms with Gasteiger partial charge in [-0.25, -0.2) is 4.98 Å². The van der Waals surface area contributed by atoms with Crippen LogP contribution in [0.2, 0.25) is 0 Å². The second-order valence-electron chi connectivity index (χ2n) is 5.92. The van der Waals surface area contributed by atoms with Gasteiger partial charge in [0.25, 0.3) is 0 Å². The maximum atomic E-state index is 4.72. The van der Waals surface area contributed by atoms with Crippen LogP contribution in [-0.2, 0) is 13.0 Å². The topological polar surface area (TPSA) is 21.1 Å². The number of aromatic nitrogens is 2. The monoisotopic (exact) mass is 247 g/mol. The minimum absolute atomic E-state index is 0.700. The van der Waals surface area contributed by atoms with Gasteiger partial charge in [0.1, 0.15) is 5.82 Å². The molecule has 0 bridgehead atoms. The fourth-order valence-corrected chi connectivity index (χ4v) is 3.70. The first-order valence-corrected chi connectivity index (χ1v) is 7.58. The lowest BCUT2D eigenvalue weighted by atomic mass is 9.98. The molecule has 1 saturated heterocycles. The summed E-state index contributed by atoms with van der Waals surface area (Å²) in [5.74, 6) is 2.03. The van der Waals surface area contributed by atoms with Gasteiger partial charge in [-0.1, -0.05) is 13.8 Å². The van der Waals surface area contributed by atoms with E-state index in [1.165, 1.54) is 56.8 Å². The number of hydrogen-bond acceptors (Lipinski definition) is 2. The molecule has 2 unspecified atom stereocenters. The van der Waals surface area contributed by atoms with Gasteiger partial charge in [-0.05, 0) is 44.7 Å². The zero-order valence-corrected chi connectivity index (χ0v) is 11.7. The predicted molar refractivity (Wildman–Crippen MR) is 73.8 cm³/mol. The molecule has 2 aliphatic rings. The lowest BCUT2D eigenvalue weighted by Gasteiger charge is -2.25. The third-order valence-electron chi connectivity index (χ3n) is 4.82. The number of likely N-dealkylation sites (tertiary alicyclic amines) is 1. The average molecular weight is 247 g/mol. The van der Waals surface area contributed by atoms with Crippen molar-refractivity contribution in [1.82, 2.24) is 14.5 Å². The molecule has 3 nitrogen and oxygen atoms in total. The van der Waals surface area contributed by atoms with E-state index in [0.29, 0.717) is 5.92 Å². The Morgan fingerprint density at radius 1 is 1.28 bits per heavy atom. The van der Waals surface area contributed by atoms with Crippen LogP contribution in [0.1, 0.15) is 57.0 Å². The van der Waals surface area contributed by atoms with Gasteiger partial charge in [-0.3, -0.25) is 0 Å². The molecule has 0 N–H and O–H groups in total. The highest BCUT2D eigenvalue weighted by molar-refractivity contribution is 5.13. The number of hydrogen-bond donors (Lipinski definition) is 0. The number of nitrogens with zero attached hydrogens (tertiary/aromatic N) is 3. The standard InChI is InChI=1S/C15H25N3/c1-3-17-8-5-7-13(17)10-15-16-11-14-12(2)6-4-9-18(14)15/h11-13H,3-10H2,1-2H3. The Morgan fingerprint density at radius 3 is 2.94 bits per heavy atom. The van der Waals surface area contributed by atoms with Crippen LogP contribution < -0.4 is 0 Å². The Kier molecular flexibility index (Phi) is 3.42. The molecule has 3 heteroatoms. The molecule has 3 heterocycles. The van der Waals surface area contributed by atoms with Crippen molar-refractivity contribution >= 4 is 0 Å². The normalized spacial score (nSPS) is 28.6. The Labute approximate surface area is 110 Å². The van der Waals surface area contributed by atoms with Crippen molar-refractivity contribution in [3.05, 3.63) is 17.7 Å². The first kappa shape index (κ1) is 12.2. The molecule has 1 aromatic heterocycles. The Morgan fingerprint density at radius 2 is 2.11 bits per heavy atom. The van der Waals surface area contributed by atoms with Crippen molar-refractivity contribution in [1.29, 1.82) is 0 Å². The fourth-order valence-electron chi connectivity index (χ4n) is 3.70. The van der Waals surface area contributed by atoms with E-state index in [1.807, 2.05) is 0 Å². The number of rotatable bonds is 3. The average Bonchev–Trinajstić information content (AvgIpc) is 2.98. The van der Waals surface area contributed by atoms with Crippen LogP contribution in [0, 0.1) is 0 Å². The predicted octanol–water partition coefficient (Wildman–Crippen LogP) is 2.81. The van der Waals surface area contributed by atoms with Crippen molar-refractivity contribution < 1.29 is 0 Å². The lowest BCUT2D eigenvalue weighted by molar-refractivity contribution is 0.260. The smallest absolute Gasteiger partial charge is 0.110 e. The third-order valence-corrected chi connectivity index (χ3v) is 4.82. The van der Waals surface area contributed by atoms with Crippen LogP contribution >= 0.6 is 0 Å². The SMILES string of the molecule is CCN1CCCC1Cc1ncc2n1CCCC2C. The summed E-state index contributed by atoms with van der Waals surface area (Å²) in [7, 11) is 0. The highest BCUT2D eigenvalue weighted by atomic mass is 15.2. The molecule has 3 rings (SSSR count). The van der Waals surface area contributed by atoms with E-state index < -0.39 is 0 Å². The van der Waals surface area contributed by atoms with Crippen molar-refractivity contribution in [3.63, 3.8) is 0 Å². The molecule has 1 aromatic rings. The van der Waals surface area contributed by atoms with E-state index in [-0.39, 0.29) is 0 Å². The minimum atomic E-state index is 0.700. The summed E-state index contributed by atoms with van der Waals surface area (Å²) in [6.07, 6.45) is 8.65. The molecule has 2 aliphatic heterocycles. The van der Waals surface area contributed by atoms with Crippen LogP contribution in [0.15, 0.2) is 6.20 Å². The van der Waals surface area contributed by atoms with Gasteiger partial charge in [0.2, 0.25) is 0 Å². The van der Waals surface area contributed by atoms with Crippen molar-refractivity contribution in [3.8, 4) is 0 Å². The molecule has 0 radical (unpaired) electrons. The Bertz CT molecular complexity index is 410. The molecule has 0 aromatic carbocycles. The molecule has 18 heavy (non-hydrogen) atoms. The molecule has 2 atom stereocenters. The maximum absolute atomic E-state index is 4.72. The Hall–Kier alpha value is -0.830. The van der Waals surface area contributed by atoms with Crippen LogP contribution in [0.25, 0.3) is 0 Å². The number of imidazole rings is 1. The van der Waals surface area contributed by atoms with Crippen LogP contribution in [0.5, 0.6) is 0 Å². The molecular formula is C15H25N3. The van der Waals surface area contributed by atoms with Gasteiger partial charge in [0.15, 0.2) is 0 Å². The second kappa shape index (κ2) is 5.04. The van der Waals surface area contributed by atoms with Gasteiger partial charge >= 0.3 is 0 Å². The van der Waals surface area contributed by atoms with E-state index in [2.05, 4.69) is 29.5 Å². The summed E-state index contributed by atoms with van der Waals surface area (Å²) in [6, 6.07) is 0.735. The number of fused-ring (bicyclic) bond motifs is 1. The zero-order chi connectivity index (χ0) is 12.5. The van der Waals surface area contributed by atoms with Crippen molar-refractivity contribution in [2.45, 2.75) is 64.5 Å². The van der Waals surface area contributed by atoms with Crippen LogP contribution in [0.3, 0.4) is 0 Å². The third kappa shape index (κ3) is 2.09. The van der Waals surface area contributed by atoms with Crippen LogP contribution in [-0.4, -0.2) is 33.6 Å². The van der Waals surface area contributed by atoms with Gasteiger partial charge in [-0.15, -0.1) is 0 Å². The first-order valence-electron chi connectivity index (χ1n) is 7.58. The lowest BCUT2D eigenvalue weighted by Crippen LogP contribution is -2.32. The van der Waals surface area contributed by atoms with E-state index in [1.54, 1.807) is 0 Å². The summed E-state index contributed by atoms with van der Waals surface area (Å²) in [5, 5.41) is 0. The zero-order valence-electron chi connectivity index (χ0n) is 11.7. The molecule has 1 fully saturated rings. The van der Waals surface area contributed by atoms with Crippen LogP contribution in [0.4, 0.5) is 0 Å². The fraction of sp³-hybridized carbons (Fsp3) is 0.800. The van der Waals surface area contributed by atoms with E-state index >= 15 is 0 Å². The summed E-state index contributed by atoms with van der Waals surface area (Å²) in [4.78, 5) is 7.34. The summed E-state index contributed by atoms with van der Waals surface area (Å²) in [6.45, 7) is 8.28. The Balaban J connectivity index is 1.77. The summed E-state index contributed by atoms with van der Waals surface area (Å²) >= 11 is 0. The molecular weight excluding hydrogens is 222 g/mol. The van der Waals surface area contributed by atoms with E-state index in [4.69, 9.17) is 4.98 Å². The van der Waals surface area contributed by atoms with Crippen molar-refractivity contribution in [2.24, 2.45) is 0 Å². The van der Waals surface area contributed by atoms with Gasteiger partial charge in [0.05, 0.1) is 0 Å². The number of likely N-dealkylation sites (N-methyl/N-ethyl adjacent to an activating group) is 1. The highest BCUT2D eigenvalue weighted by Gasteiger charge is 2.26. The minimum Gasteiger partial charge on any atom is -0.332 e. The molecule has 100 valence electrons. The van der Waals surface area contributed by atoms with E-state index in [0.717, 1.165) is 12.5 Å². The molecule has 0 amide bonds. The van der Waals surface area contributed by atoms with Gasteiger partial charge in [0, 0.05) is 30.9 Å². The maximum Gasteiger partial charge on any atom is 0.110 e. The largest absolute Gasteiger partial charge is 0.332 e. The molecule has 0 spiro atoms. The van der Waals surface area contributed by atoms with Crippen molar-refractivity contribution in [2.75, 3.05) is 13.1 Å². The highest BCUT2D eigenvalue weighted by Crippen LogP contribution is 2.29. The summed E-state index contributed by atoms with van der Waals surface area (Å²) < 4.78 is 2.50. The van der Waals surface area contributed by atoms with E-state index in [9.17, 15) is 0 Å². The van der Waals surface area contributed by atoms with Gasteiger partial charge in [-0.2, -0.15) is 0 Å². The second-order valence-corrected chi connectivity index (χ2v) is 5.92. The summed E-state index contributed by atoms with van der Waals surface area (Å²) in [5.41, 5.74) is 1.47. The molecule has 0 aliphatic carbocycles.